The molecule has 2 rings (SSSR count). The van der Waals surface area contributed by atoms with Crippen molar-refractivity contribution < 1.29 is 14.6 Å². The van der Waals surface area contributed by atoms with Crippen LogP contribution in [-0.4, -0.2) is 28.4 Å². The molecule has 0 bridgehead atoms. The number of carboxylic acid groups (broad SMARTS) is 1. The van der Waals surface area contributed by atoms with Crippen molar-refractivity contribution in [1.82, 2.24) is 4.98 Å². The molecule has 1 unspecified atom stereocenters. The summed E-state index contributed by atoms with van der Waals surface area (Å²) in [5.41, 5.74) is 1.43. The van der Waals surface area contributed by atoms with Crippen molar-refractivity contribution in [1.29, 1.82) is 0 Å². The number of aromatic nitrogens is 1. The van der Waals surface area contributed by atoms with Crippen LogP contribution in [0.2, 0.25) is 0 Å². The van der Waals surface area contributed by atoms with Gasteiger partial charge in [0.25, 0.3) is 0 Å². The molecular weight excluding hydrogens is 250 g/mol. The van der Waals surface area contributed by atoms with Crippen LogP contribution in [0.3, 0.4) is 0 Å². The number of hydrogen-bond donors (Lipinski definition) is 2. The van der Waals surface area contributed by atoms with Crippen LogP contribution in [0, 0.1) is 0 Å². The van der Waals surface area contributed by atoms with Crippen molar-refractivity contribution in [2.75, 3.05) is 7.11 Å². The Hall–Kier alpha value is -1.75. The first kappa shape index (κ1) is 12.7. The average molecular weight is 263 g/mol. The second-order valence-corrected chi connectivity index (χ2v) is 4.52. The molecule has 94 valence electrons. The maximum absolute atomic E-state index is 10.8. The minimum Gasteiger partial charge on any atom is -0.494 e. The zero-order valence-corrected chi connectivity index (χ0v) is 10.7. The van der Waals surface area contributed by atoms with E-state index in [0.717, 1.165) is 10.9 Å². The van der Waals surface area contributed by atoms with Crippen molar-refractivity contribution >= 4 is 29.5 Å². The van der Waals surface area contributed by atoms with Crippen molar-refractivity contribution in [3.63, 3.8) is 0 Å². The SMILES string of the molecule is COc1cccc2ccc(CC(S)C(=O)O)nc12. The Labute approximate surface area is 110 Å². The molecule has 0 aliphatic heterocycles. The number of benzene rings is 1. The van der Waals surface area contributed by atoms with E-state index in [9.17, 15) is 4.79 Å². The number of para-hydroxylation sites is 1. The van der Waals surface area contributed by atoms with E-state index < -0.39 is 11.2 Å². The number of pyridine rings is 1. The Bertz CT molecular complexity index is 585. The molecule has 1 atom stereocenters. The lowest BCUT2D eigenvalue weighted by Gasteiger charge is -2.08. The minimum atomic E-state index is -0.944. The summed E-state index contributed by atoms with van der Waals surface area (Å²) in [5.74, 6) is -0.263. The fourth-order valence-corrected chi connectivity index (χ4v) is 1.91. The van der Waals surface area contributed by atoms with Gasteiger partial charge < -0.3 is 9.84 Å². The van der Waals surface area contributed by atoms with Gasteiger partial charge in [-0.3, -0.25) is 4.79 Å². The highest BCUT2D eigenvalue weighted by Gasteiger charge is 2.14. The van der Waals surface area contributed by atoms with Gasteiger partial charge in [0, 0.05) is 17.5 Å². The Kier molecular flexibility index (Phi) is 3.72. The fourth-order valence-electron chi connectivity index (χ4n) is 1.72. The summed E-state index contributed by atoms with van der Waals surface area (Å²) >= 11 is 4.01. The van der Waals surface area contributed by atoms with E-state index in [1.54, 1.807) is 7.11 Å². The normalized spacial score (nSPS) is 12.3. The van der Waals surface area contributed by atoms with Gasteiger partial charge in [-0.1, -0.05) is 18.2 Å². The van der Waals surface area contributed by atoms with E-state index in [-0.39, 0.29) is 6.42 Å². The van der Waals surface area contributed by atoms with Gasteiger partial charge in [0.15, 0.2) is 0 Å². The second kappa shape index (κ2) is 5.27. The summed E-state index contributed by atoms with van der Waals surface area (Å²) in [6, 6.07) is 9.37. The van der Waals surface area contributed by atoms with Gasteiger partial charge in [-0.2, -0.15) is 12.6 Å². The smallest absolute Gasteiger partial charge is 0.316 e. The second-order valence-electron chi connectivity index (χ2n) is 3.89. The van der Waals surface area contributed by atoms with Crippen LogP contribution in [0.25, 0.3) is 10.9 Å². The van der Waals surface area contributed by atoms with Gasteiger partial charge in [-0.15, -0.1) is 0 Å². The highest BCUT2D eigenvalue weighted by molar-refractivity contribution is 7.81. The van der Waals surface area contributed by atoms with E-state index in [1.807, 2.05) is 30.3 Å². The molecule has 4 nitrogen and oxygen atoms in total. The van der Waals surface area contributed by atoms with Gasteiger partial charge in [-0.05, 0) is 12.1 Å². The van der Waals surface area contributed by atoms with Crippen molar-refractivity contribution in [2.45, 2.75) is 11.7 Å². The van der Waals surface area contributed by atoms with E-state index in [2.05, 4.69) is 17.6 Å². The topological polar surface area (TPSA) is 59.4 Å². The molecule has 0 saturated carbocycles. The zero-order chi connectivity index (χ0) is 13.1. The molecule has 5 heteroatoms. The van der Waals surface area contributed by atoms with Crippen LogP contribution >= 0.6 is 12.6 Å². The predicted octanol–water partition coefficient (Wildman–Crippen LogP) is 2.17. The lowest BCUT2D eigenvalue weighted by Crippen LogP contribution is -2.16. The summed E-state index contributed by atoms with van der Waals surface area (Å²) in [6.45, 7) is 0. The number of ether oxygens (including phenoxy) is 1. The van der Waals surface area contributed by atoms with Crippen molar-refractivity contribution in [2.24, 2.45) is 0 Å². The third kappa shape index (κ3) is 2.56. The van der Waals surface area contributed by atoms with Crippen LogP contribution in [-0.2, 0) is 11.2 Å². The molecule has 0 amide bonds. The predicted molar refractivity (Wildman–Crippen MR) is 72.4 cm³/mol. The number of carbonyl (C=O) groups is 1. The van der Waals surface area contributed by atoms with E-state index in [0.29, 0.717) is 11.4 Å². The number of thiol groups is 1. The largest absolute Gasteiger partial charge is 0.494 e. The van der Waals surface area contributed by atoms with Gasteiger partial charge in [0.2, 0.25) is 0 Å². The van der Waals surface area contributed by atoms with Crippen LogP contribution < -0.4 is 4.74 Å². The first-order chi connectivity index (χ1) is 8.61. The highest BCUT2D eigenvalue weighted by atomic mass is 32.1. The summed E-state index contributed by atoms with van der Waals surface area (Å²) in [6.07, 6.45) is 0.284. The third-order valence-electron chi connectivity index (χ3n) is 2.65. The molecular formula is C13H13NO3S. The van der Waals surface area contributed by atoms with Crippen molar-refractivity contribution in [3.05, 3.63) is 36.0 Å². The molecule has 1 N–H and O–H groups in total. The van der Waals surface area contributed by atoms with Crippen LogP contribution in [0.15, 0.2) is 30.3 Å². The highest BCUT2D eigenvalue weighted by Crippen LogP contribution is 2.24. The number of hydrogen-bond acceptors (Lipinski definition) is 4. The molecule has 0 radical (unpaired) electrons. The Balaban J connectivity index is 2.40. The molecule has 0 fully saturated rings. The molecule has 0 spiro atoms. The lowest BCUT2D eigenvalue weighted by atomic mass is 10.1. The van der Waals surface area contributed by atoms with Crippen LogP contribution in [0.4, 0.5) is 0 Å². The van der Waals surface area contributed by atoms with Crippen molar-refractivity contribution in [3.8, 4) is 5.75 Å². The van der Waals surface area contributed by atoms with Gasteiger partial charge in [0.05, 0.1) is 7.11 Å². The molecule has 0 aliphatic carbocycles. The molecule has 1 aromatic carbocycles. The maximum Gasteiger partial charge on any atom is 0.316 e. The van der Waals surface area contributed by atoms with Gasteiger partial charge >= 0.3 is 5.97 Å². The lowest BCUT2D eigenvalue weighted by molar-refractivity contribution is -0.136. The number of carboxylic acids is 1. The van der Waals surface area contributed by atoms with Gasteiger partial charge in [0.1, 0.15) is 16.5 Å². The average Bonchev–Trinajstić information content (AvgIpc) is 2.37. The van der Waals surface area contributed by atoms with Crippen LogP contribution in [0.5, 0.6) is 5.75 Å². The molecule has 2 aromatic rings. The quantitative estimate of drug-likeness (QED) is 0.830. The summed E-state index contributed by atoms with van der Waals surface area (Å²) in [4.78, 5) is 15.2. The number of methoxy groups -OCH3 is 1. The molecule has 1 heterocycles. The first-order valence-electron chi connectivity index (χ1n) is 5.45. The molecule has 1 aromatic heterocycles. The van der Waals surface area contributed by atoms with E-state index >= 15 is 0 Å². The Morgan fingerprint density at radius 2 is 2.22 bits per heavy atom. The molecule has 18 heavy (non-hydrogen) atoms. The minimum absolute atomic E-state index is 0.284. The zero-order valence-electron chi connectivity index (χ0n) is 9.83. The standard InChI is InChI=1S/C13H13NO3S/c1-17-10-4-2-3-8-5-6-9(14-12(8)10)7-11(18)13(15)16/h2-6,11,18H,7H2,1H3,(H,15,16). The summed E-state index contributed by atoms with van der Waals surface area (Å²) in [5, 5.41) is 9.04. The molecule has 0 aliphatic rings. The maximum atomic E-state index is 10.8. The molecule has 0 saturated heterocycles. The first-order valence-corrected chi connectivity index (χ1v) is 5.97. The number of aliphatic carboxylic acids is 1. The van der Waals surface area contributed by atoms with E-state index in [4.69, 9.17) is 9.84 Å². The summed E-state index contributed by atoms with van der Waals surface area (Å²) < 4.78 is 5.24. The summed E-state index contributed by atoms with van der Waals surface area (Å²) in [7, 11) is 1.59. The van der Waals surface area contributed by atoms with E-state index in [1.165, 1.54) is 0 Å². The Morgan fingerprint density at radius 1 is 1.44 bits per heavy atom. The Morgan fingerprint density at radius 3 is 2.89 bits per heavy atom. The number of fused-ring (bicyclic) bond motifs is 1. The monoisotopic (exact) mass is 263 g/mol. The number of nitrogens with zero attached hydrogens (tertiary/aromatic N) is 1. The van der Waals surface area contributed by atoms with Gasteiger partial charge in [-0.25, -0.2) is 4.98 Å². The van der Waals surface area contributed by atoms with Crippen LogP contribution in [0.1, 0.15) is 5.69 Å². The third-order valence-corrected chi connectivity index (χ3v) is 3.05. The fraction of sp³-hybridized carbons (Fsp3) is 0.231. The number of rotatable bonds is 4.